The van der Waals surface area contributed by atoms with Crippen LogP contribution in [0.2, 0.25) is 0 Å². The number of halogens is 4. The van der Waals surface area contributed by atoms with Gasteiger partial charge in [-0.2, -0.15) is 0 Å². The zero-order valence-corrected chi connectivity index (χ0v) is 10.8. The predicted octanol–water partition coefficient (Wildman–Crippen LogP) is 4.05. The number of hydrogen-bond acceptors (Lipinski definition) is 2. The van der Waals surface area contributed by atoms with E-state index in [1.54, 1.807) is 0 Å². The van der Waals surface area contributed by atoms with E-state index in [2.05, 4.69) is 6.92 Å². The van der Waals surface area contributed by atoms with Crippen LogP contribution in [0, 0.1) is 0 Å². The fraction of sp³-hybridized carbons (Fsp3) is 0.875. The van der Waals surface area contributed by atoms with Crippen molar-refractivity contribution < 1.29 is 9.53 Å². The molecular formula is C8H12Cl4O2. The van der Waals surface area contributed by atoms with E-state index in [0.717, 1.165) is 19.3 Å². The molecule has 0 aliphatic rings. The summed E-state index contributed by atoms with van der Waals surface area (Å²) in [6.45, 7) is 2.07. The molecule has 0 saturated heterocycles. The van der Waals surface area contributed by atoms with Crippen molar-refractivity contribution in [3.63, 3.8) is 0 Å². The van der Waals surface area contributed by atoms with Crippen molar-refractivity contribution in [2.45, 2.75) is 42.0 Å². The molecule has 0 heterocycles. The molecule has 0 spiro atoms. The number of alkyl halides is 4. The second-order valence-corrected chi connectivity index (χ2v) is 5.58. The van der Waals surface area contributed by atoms with Crippen LogP contribution >= 0.6 is 46.4 Å². The van der Waals surface area contributed by atoms with Gasteiger partial charge in [-0.3, -0.25) is 0 Å². The van der Waals surface area contributed by atoms with Crippen LogP contribution in [0.15, 0.2) is 0 Å². The first kappa shape index (κ1) is 14.6. The molecule has 6 heteroatoms. The maximum absolute atomic E-state index is 11.0. The van der Waals surface area contributed by atoms with Gasteiger partial charge >= 0.3 is 5.97 Å². The topological polar surface area (TPSA) is 26.3 Å². The van der Waals surface area contributed by atoms with Crippen LogP contribution in [0.25, 0.3) is 0 Å². The molecule has 1 atom stereocenters. The Hall–Kier alpha value is 0.630. The molecule has 1 unspecified atom stereocenters. The number of rotatable bonds is 5. The van der Waals surface area contributed by atoms with Crippen molar-refractivity contribution in [2.75, 3.05) is 0 Å². The van der Waals surface area contributed by atoms with Gasteiger partial charge in [0.1, 0.15) is 0 Å². The molecule has 0 aliphatic carbocycles. The van der Waals surface area contributed by atoms with Gasteiger partial charge in [0.15, 0.2) is 5.56 Å². The molecule has 0 fully saturated rings. The first-order valence-corrected chi connectivity index (χ1v) is 5.86. The summed E-state index contributed by atoms with van der Waals surface area (Å²) in [5, 5.41) is 0. The van der Waals surface area contributed by atoms with E-state index in [9.17, 15) is 4.79 Å². The second kappa shape index (κ2) is 7.00. The van der Waals surface area contributed by atoms with Crippen molar-refractivity contribution >= 4 is 52.4 Å². The third-order valence-electron chi connectivity index (χ3n) is 1.50. The first-order valence-electron chi connectivity index (χ1n) is 4.29. The summed E-state index contributed by atoms with van der Waals surface area (Å²) in [6.07, 6.45) is 3.57. The first-order chi connectivity index (χ1) is 6.38. The van der Waals surface area contributed by atoms with Gasteiger partial charge in [-0.05, 0) is 12.8 Å². The maximum Gasteiger partial charge on any atom is 0.360 e. The molecule has 0 bridgehead atoms. The van der Waals surface area contributed by atoms with E-state index in [4.69, 9.17) is 51.1 Å². The molecule has 0 rings (SSSR count). The highest BCUT2D eigenvalue weighted by Crippen LogP contribution is 2.28. The summed E-state index contributed by atoms with van der Waals surface area (Å²) in [7, 11) is 0. The summed E-state index contributed by atoms with van der Waals surface area (Å²) in [5.41, 5.74) is -0.718. The van der Waals surface area contributed by atoms with E-state index < -0.39 is 15.3 Å². The van der Waals surface area contributed by atoms with Crippen LogP contribution in [0.5, 0.6) is 0 Å². The molecule has 0 N–H and O–H groups in total. The minimum atomic E-state index is -2.04. The number of hydrogen-bond donors (Lipinski definition) is 0. The van der Waals surface area contributed by atoms with Crippen LogP contribution < -0.4 is 0 Å². The summed E-state index contributed by atoms with van der Waals surface area (Å²) in [6, 6.07) is 0. The fourth-order valence-electron chi connectivity index (χ4n) is 0.797. The highest BCUT2D eigenvalue weighted by Gasteiger charge is 2.34. The van der Waals surface area contributed by atoms with E-state index >= 15 is 0 Å². The third kappa shape index (κ3) is 6.99. The Morgan fingerprint density at radius 3 is 2.36 bits per heavy atom. The quantitative estimate of drug-likeness (QED) is 0.432. The lowest BCUT2D eigenvalue weighted by Crippen LogP contribution is -2.25. The molecule has 0 aromatic heterocycles. The second-order valence-electron chi connectivity index (χ2n) is 2.81. The molecule has 84 valence electrons. The number of carbonyl (C=O) groups is 1. The van der Waals surface area contributed by atoms with Crippen molar-refractivity contribution in [3.8, 4) is 0 Å². The normalized spacial score (nSPS) is 13.8. The molecule has 0 radical (unpaired) electrons. The van der Waals surface area contributed by atoms with Gasteiger partial charge in [-0.1, -0.05) is 66.2 Å². The van der Waals surface area contributed by atoms with Gasteiger partial charge in [0.25, 0.3) is 3.79 Å². The Labute approximate surface area is 104 Å². The Balaban J connectivity index is 3.72. The number of unbranched alkanes of at least 4 members (excludes halogenated alkanes) is 2. The van der Waals surface area contributed by atoms with Crippen LogP contribution in [-0.4, -0.2) is 15.3 Å². The lowest BCUT2D eigenvalue weighted by molar-refractivity contribution is -0.144. The van der Waals surface area contributed by atoms with Crippen LogP contribution in [0.3, 0.4) is 0 Å². The Bertz CT molecular complexity index is 179. The van der Waals surface area contributed by atoms with Crippen molar-refractivity contribution in [3.05, 3.63) is 0 Å². The van der Waals surface area contributed by atoms with Gasteiger partial charge in [-0.25, -0.2) is 4.79 Å². The number of esters is 1. The van der Waals surface area contributed by atoms with E-state index in [1.165, 1.54) is 0 Å². The van der Waals surface area contributed by atoms with E-state index in [-0.39, 0.29) is 0 Å². The average Bonchev–Trinajstić information content (AvgIpc) is 2.03. The largest absolute Gasteiger partial charge is 0.443 e. The minimum Gasteiger partial charge on any atom is -0.443 e. The average molecular weight is 282 g/mol. The molecule has 0 amide bonds. The summed E-state index contributed by atoms with van der Waals surface area (Å²) in [5.74, 6) is -0.931. The highest BCUT2D eigenvalue weighted by atomic mass is 35.6. The monoisotopic (exact) mass is 280 g/mol. The Kier molecular flexibility index (Phi) is 7.31. The molecule has 0 aromatic carbocycles. The molecule has 0 saturated carbocycles. The van der Waals surface area contributed by atoms with Gasteiger partial charge in [0.2, 0.25) is 0 Å². The molecule has 2 nitrogen and oxygen atoms in total. The number of carbonyl (C=O) groups excluding carboxylic acids is 1. The van der Waals surface area contributed by atoms with Gasteiger partial charge in [0.05, 0.1) is 0 Å². The highest BCUT2D eigenvalue weighted by molar-refractivity contribution is 6.75. The van der Waals surface area contributed by atoms with Gasteiger partial charge in [0, 0.05) is 0 Å². The van der Waals surface area contributed by atoms with Crippen molar-refractivity contribution in [1.82, 2.24) is 0 Å². The zero-order valence-electron chi connectivity index (χ0n) is 7.73. The van der Waals surface area contributed by atoms with E-state index in [1.807, 2.05) is 0 Å². The van der Waals surface area contributed by atoms with Crippen LogP contribution in [0.4, 0.5) is 0 Å². The SMILES string of the molecule is CCCCCC(Cl)OC(=O)C(Cl)(Cl)Cl. The van der Waals surface area contributed by atoms with Crippen LogP contribution in [0.1, 0.15) is 32.6 Å². The number of ether oxygens (including phenoxy) is 1. The molecule has 14 heavy (non-hydrogen) atoms. The fourth-order valence-corrected chi connectivity index (χ4v) is 1.17. The zero-order chi connectivity index (χ0) is 11.2. The lowest BCUT2D eigenvalue weighted by Gasteiger charge is -2.14. The molecule has 0 aliphatic heterocycles. The Morgan fingerprint density at radius 2 is 1.93 bits per heavy atom. The summed E-state index contributed by atoms with van der Waals surface area (Å²) >= 11 is 21.6. The smallest absolute Gasteiger partial charge is 0.360 e. The van der Waals surface area contributed by atoms with Crippen molar-refractivity contribution in [2.24, 2.45) is 0 Å². The van der Waals surface area contributed by atoms with Gasteiger partial charge in [-0.15, -0.1) is 0 Å². The third-order valence-corrected chi connectivity index (χ3v) is 2.27. The lowest BCUT2D eigenvalue weighted by atomic mass is 10.2. The van der Waals surface area contributed by atoms with Gasteiger partial charge < -0.3 is 4.74 Å². The van der Waals surface area contributed by atoms with E-state index in [0.29, 0.717) is 6.42 Å². The summed E-state index contributed by atoms with van der Waals surface area (Å²) < 4.78 is 2.65. The Morgan fingerprint density at radius 1 is 1.36 bits per heavy atom. The van der Waals surface area contributed by atoms with Crippen molar-refractivity contribution in [1.29, 1.82) is 0 Å². The molecule has 0 aromatic rings. The minimum absolute atomic E-state index is 0.571. The molecular weight excluding hydrogens is 270 g/mol. The predicted molar refractivity (Wildman–Crippen MR) is 60.2 cm³/mol. The standard InChI is InChI=1S/C8H12Cl4O2/c1-2-3-4-5-6(9)14-7(13)8(10,11)12/h6H,2-5H2,1H3. The maximum atomic E-state index is 11.0. The van der Waals surface area contributed by atoms with Crippen LogP contribution in [-0.2, 0) is 9.53 Å². The summed E-state index contributed by atoms with van der Waals surface area (Å²) in [4.78, 5) is 11.0.